The van der Waals surface area contributed by atoms with Gasteiger partial charge in [-0.15, -0.1) is 0 Å². The number of halogens is 1. The molecule has 1 saturated carbocycles. The fourth-order valence-electron chi connectivity index (χ4n) is 5.22. The van der Waals surface area contributed by atoms with Crippen molar-refractivity contribution in [1.29, 1.82) is 0 Å². The molecule has 2 unspecified atom stereocenters. The van der Waals surface area contributed by atoms with Crippen LogP contribution in [0, 0.1) is 5.92 Å². The Morgan fingerprint density at radius 2 is 1.80 bits per heavy atom. The van der Waals surface area contributed by atoms with Gasteiger partial charge in [0.25, 0.3) is 5.91 Å². The zero-order valence-corrected chi connectivity index (χ0v) is 25.1. The van der Waals surface area contributed by atoms with Gasteiger partial charge in [0.1, 0.15) is 18.5 Å². The molecule has 2 aromatic carbocycles. The fraction of sp³-hybridized carbons (Fsp3) is 0.548. The second-order valence-electron chi connectivity index (χ2n) is 10.3. The van der Waals surface area contributed by atoms with E-state index in [-0.39, 0.29) is 25.1 Å². The molecule has 3 rings (SSSR count). The third kappa shape index (κ3) is 11.2. The smallest absolute Gasteiger partial charge is 0.406 e. The first-order chi connectivity index (χ1) is 19.9. The molecule has 0 bridgehead atoms. The highest BCUT2D eigenvalue weighted by molar-refractivity contribution is 6.30. The number of methoxy groups -OCH3 is 2. The van der Waals surface area contributed by atoms with E-state index >= 15 is 0 Å². The molecule has 0 saturated heterocycles. The first-order valence-corrected chi connectivity index (χ1v) is 14.7. The number of alkyl carbamates (subject to hydrolysis) is 1. The first kappa shape index (κ1) is 32.7. The number of benzene rings is 2. The van der Waals surface area contributed by atoms with Gasteiger partial charge in [-0.3, -0.25) is 4.79 Å². The molecular formula is C31H44ClN3O6. The van der Waals surface area contributed by atoms with Gasteiger partial charge in [-0.25, -0.2) is 4.79 Å². The van der Waals surface area contributed by atoms with Crippen molar-refractivity contribution < 1.29 is 28.5 Å². The van der Waals surface area contributed by atoms with E-state index in [1.165, 1.54) is 39.2 Å². The van der Waals surface area contributed by atoms with Gasteiger partial charge in [-0.1, -0.05) is 55.8 Å². The molecular weight excluding hydrogens is 546 g/mol. The molecule has 0 aromatic heterocycles. The summed E-state index contributed by atoms with van der Waals surface area (Å²) >= 11 is 6.32. The third-order valence-electron chi connectivity index (χ3n) is 7.17. The Labute approximate surface area is 248 Å². The number of likely N-dealkylation sites (N-methyl/N-ethyl adjacent to an activating group) is 1. The zero-order chi connectivity index (χ0) is 29.5. The topological polar surface area (TPSA) is 107 Å². The minimum Gasteiger partial charge on any atom is -0.491 e. The summed E-state index contributed by atoms with van der Waals surface area (Å²) in [5.41, 5.74) is 2.01. The quantitative estimate of drug-likeness (QED) is 0.233. The van der Waals surface area contributed by atoms with Gasteiger partial charge >= 0.3 is 6.09 Å². The molecule has 2 atom stereocenters. The minimum atomic E-state index is -0.569. The highest BCUT2D eigenvalue weighted by atomic mass is 35.5. The van der Waals surface area contributed by atoms with Crippen molar-refractivity contribution in [2.45, 2.75) is 50.7 Å². The highest BCUT2D eigenvalue weighted by Crippen LogP contribution is 2.32. The van der Waals surface area contributed by atoms with Gasteiger partial charge in [0.15, 0.2) is 0 Å². The van der Waals surface area contributed by atoms with Crippen LogP contribution >= 0.6 is 11.6 Å². The number of rotatable bonds is 16. The zero-order valence-electron chi connectivity index (χ0n) is 24.4. The van der Waals surface area contributed by atoms with E-state index in [0.29, 0.717) is 42.0 Å². The number of hydrogen-bond acceptors (Lipinski definition) is 7. The van der Waals surface area contributed by atoms with Crippen molar-refractivity contribution in [1.82, 2.24) is 16.0 Å². The van der Waals surface area contributed by atoms with Crippen LogP contribution in [0.3, 0.4) is 0 Å². The van der Waals surface area contributed by atoms with Crippen LogP contribution in [0.2, 0.25) is 5.02 Å². The summed E-state index contributed by atoms with van der Waals surface area (Å²) in [6, 6.07) is 12.8. The van der Waals surface area contributed by atoms with Gasteiger partial charge in [0.05, 0.1) is 20.3 Å². The maximum atomic E-state index is 13.6. The minimum absolute atomic E-state index is 0.0153. The predicted octanol–water partition coefficient (Wildman–Crippen LogP) is 5.12. The SMILES string of the molecule is CNCC(CC1CCCCC1)NC(=O)c1cc(OCCOC)cc(C(OCCNC(=O)OC)c2cccc(Cl)c2)c1. The predicted molar refractivity (Wildman–Crippen MR) is 160 cm³/mol. The van der Waals surface area contributed by atoms with E-state index in [0.717, 1.165) is 17.5 Å². The molecule has 0 aliphatic heterocycles. The maximum absolute atomic E-state index is 13.6. The fourth-order valence-corrected chi connectivity index (χ4v) is 5.42. The molecule has 0 radical (unpaired) electrons. The van der Waals surface area contributed by atoms with Crippen molar-refractivity contribution in [3.63, 3.8) is 0 Å². The molecule has 0 spiro atoms. The Hall–Kier alpha value is -2.85. The summed E-state index contributed by atoms with van der Waals surface area (Å²) in [5, 5.41) is 9.68. The number of amides is 2. The van der Waals surface area contributed by atoms with Crippen molar-refractivity contribution in [3.8, 4) is 5.75 Å². The van der Waals surface area contributed by atoms with Gasteiger partial charge in [-0.2, -0.15) is 0 Å². The van der Waals surface area contributed by atoms with Crippen LogP contribution in [0.1, 0.15) is 66.1 Å². The average molecular weight is 590 g/mol. The lowest BCUT2D eigenvalue weighted by molar-refractivity contribution is 0.0800. The Morgan fingerprint density at radius 1 is 1.00 bits per heavy atom. The summed E-state index contributed by atoms with van der Waals surface area (Å²) in [4.78, 5) is 25.2. The number of ether oxygens (including phenoxy) is 4. The van der Waals surface area contributed by atoms with Crippen LogP contribution in [0.25, 0.3) is 0 Å². The maximum Gasteiger partial charge on any atom is 0.406 e. The van der Waals surface area contributed by atoms with Crippen molar-refractivity contribution >= 4 is 23.6 Å². The molecule has 2 amide bonds. The Kier molecular flexibility index (Phi) is 14.2. The summed E-state index contributed by atoms with van der Waals surface area (Å²) in [5.74, 6) is 0.989. The second kappa shape index (κ2) is 17.9. The Bertz CT molecular complexity index is 1100. The van der Waals surface area contributed by atoms with Crippen molar-refractivity contribution in [3.05, 3.63) is 64.2 Å². The Balaban J connectivity index is 1.88. The van der Waals surface area contributed by atoms with Crippen molar-refractivity contribution in [2.75, 3.05) is 54.2 Å². The average Bonchev–Trinajstić information content (AvgIpc) is 2.97. The summed E-state index contributed by atoms with van der Waals surface area (Å²) in [6.45, 7) is 1.88. The van der Waals surface area contributed by atoms with Crippen LogP contribution in [0.5, 0.6) is 5.75 Å². The van der Waals surface area contributed by atoms with Crippen LogP contribution < -0.4 is 20.7 Å². The molecule has 2 aromatic rings. The molecule has 1 fully saturated rings. The highest BCUT2D eigenvalue weighted by Gasteiger charge is 2.23. The van der Waals surface area contributed by atoms with Gasteiger partial charge in [0.2, 0.25) is 0 Å². The van der Waals surface area contributed by atoms with Crippen LogP contribution in [-0.2, 0) is 14.2 Å². The molecule has 1 aliphatic carbocycles. The molecule has 9 nitrogen and oxygen atoms in total. The van der Waals surface area contributed by atoms with E-state index < -0.39 is 12.2 Å². The lowest BCUT2D eigenvalue weighted by Gasteiger charge is -2.27. The normalized spacial score (nSPS) is 15.1. The Morgan fingerprint density at radius 3 is 2.51 bits per heavy atom. The number of carbonyl (C=O) groups is 2. The van der Waals surface area contributed by atoms with Gasteiger partial charge in [-0.05, 0) is 60.8 Å². The molecule has 226 valence electrons. The second-order valence-corrected chi connectivity index (χ2v) is 10.8. The van der Waals surface area contributed by atoms with Crippen LogP contribution in [-0.4, -0.2) is 72.2 Å². The number of nitrogens with one attached hydrogen (secondary N) is 3. The standard InChI is InChI=1S/C31H44ClN3O6/c1-33-21-27(16-22-8-5-4-6-9-22)35-30(36)25-17-24(19-28(20-25)40-15-14-38-2)29(23-10-7-11-26(32)18-23)41-13-12-34-31(37)39-3/h7,10-11,17-20,22,27,29,33H,4-6,8-9,12-16,21H2,1-3H3,(H,34,37)(H,35,36). The van der Waals surface area contributed by atoms with E-state index in [2.05, 4.69) is 20.7 Å². The van der Waals surface area contributed by atoms with Crippen molar-refractivity contribution in [2.24, 2.45) is 5.92 Å². The van der Waals surface area contributed by atoms with Crippen LogP contribution in [0.4, 0.5) is 4.79 Å². The molecule has 1 aliphatic rings. The van der Waals surface area contributed by atoms with E-state index in [4.69, 9.17) is 25.8 Å². The largest absolute Gasteiger partial charge is 0.491 e. The summed E-state index contributed by atoms with van der Waals surface area (Å²) in [7, 11) is 4.82. The summed E-state index contributed by atoms with van der Waals surface area (Å²) in [6.07, 6.45) is 6.09. The third-order valence-corrected chi connectivity index (χ3v) is 7.41. The monoisotopic (exact) mass is 589 g/mol. The molecule has 41 heavy (non-hydrogen) atoms. The lowest BCUT2D eigenvalue weighted by atomic mass is 9.84. The molecule has 0 heterocycles. The molecule has 3 N–H and O–H groups in total. The van der Waals surface area contributed by atoms with Crippen LogP contribution in [0.15, 0.2) is 42.5 Å². The van der Waals surface area contributed by atoms with Gasteiger partial charge in [0, 0.05) is 36.8 Å². The van der Waals surface area contributed by atoms with E-state index in [1.54, 1.807) is 19.2 Å². The number of hydrogen-bond donors (Lipinski definition) is 3. The lowest BCUT2D eigenvalue weighted by Crippen LogP contribution is -2.42. The van der Waals surface area contributed by atoms with E-state index in [9.17, 15) is 9.59 Å². The van der Waals surface area contributed by atoms with E-state index in [1.807, 2.05) is 37.4 Å². The summed E-state index contributed by atoms with van der Waals surface area (Å²) < 4.78 is 22.0. The number of carbonyl (C=O) groups excluding carboxylic acids is 2. The molecule has 10 heteroatoms. The first-order valence-electron chi connectivity index (χ1n) is 14.3. The van der Waals surface area contributed by atoms with Gasteiger partial charge < -0.3 is 34.9 Å².